The summed E-state index contributed by atoms with van der Waals surface area (Å²) in [5, 5.41) is 0. The SMILES string of the molecule is CCCC[C@@H](C[C@@H](CCc1ccc(-c2ccc(-c3ncc[nH]3)cc2)cc1)C(=O)OCC[Si](C)(C)C)C(=O)OC(C)(C)C. The Morgan fingerprint density at radius 2 is 1.48 bits per heavy atom. The van der Waals surface area contributed by atoms with Gasteiger partial charge in [-0.2, -0.15) is 0 Å². The maximum absolute atomic E-state index is 13.4. The van der Waals surface area contributed by atoms with E-state index in [1.54, 1.807) is 6.20 Å². The number of aryl methyl sites for hydroxylation is 1. The molecule has 0 fully saturated rings. The zero-order valence-electron chi connectivity index (χ0n) is 26.7. The summed E-state index contributed by atoms with van der Waals surface area (Å²) < 4.78 is 11.6. The van der Waals surface area contributed by atoms with Gasteiger partial charge in [0.15, 0.2) is 0 Å². The van der Waals surface area contributed by atoms with E-state index in [-0.39, 0.29) is 23.8 Å². The molecule has 0 aliphatic heterocycles. The predicted octanol–water partition coefficient (Wildman–Crippen LogP) is 8.71. The van der Waals surface area contributed by atoms with Gasteiger partial charge in [-0.3, -0.25) is 9.59 Å². The number of nitrogens with zero attached hydrogens (tertiary/aromatic N) is 1. The molecule has 6 nitrogen and oxygen atoms in total. The topological polar surface area (TPSA) is 81.3 Å². The van der Waals surface area contributed by atoms with E-state index in [1.807, 2.05) is 27.0 Å². The number of benzene rings is 2. The van der Waals surface area contributed by atoms with Crippen LogP contribution in [0.3, 0.4) is 0 Å². The number of nitrogens with one attached hydrogen (secondary N) is 1. The number of hydrogen-bond acceptors (Lipinski definition) is 5. The Balaban J connectivity index is 1.70. The minimum Gasteiger partial charge on any atom is -0.466 e. The third-order valence-electron chi connectivity index (χ3n) is 7.37. The summed E-state index contributed by atoms with van der Waals surface area (Å²) in [6.45, 7) is 15.1. The fourth-order valence-electron chi connectivity index (χ4n) is 4.87. The zero-order chi connectivity index (χ0) is 30.8. The van der Waals surface area contributed by atoms with Crippen LogP contribution in [-0.2, 0) is 25.5 Å². The van der Waals surface area contributed by atoms with Gasteiger partial charge < -0.3 is 14.5 Å². The van der Waals surface area contributed by atoms with Crippen molar-refractivity contribution in [1.29, 1.82) is 0 Å². The van der Waals surface area contributed by atoms with Crippen LogP contribution < -0.4 is 0 Å². The van der Waals surface area contributed by atoms with Gasteiger partial charge in [-0.1, -0.05) is 87.9 Å². The van der Waals surface area contributed by atoms with Gasteiger partial charge in [0.25, 0.3) is 0 Å². The number of aromatic amines is 1. The molecule has 1 heterocycles. The Hall–Kier alpha value is -3.19. The van der Waals surface area contributed by atoms with Crippen molar-refractivity contribution in [2.45, 2.75) is 97.5 Å². The van der Waals surface area contributed by atoms with Crippen molar-refractivity contribution in [2.75, 3.05) is 6.61 Å². The molecule has 0 radical (unpaired) electrons. The van der Waals surface area contributed by atoms with Crippen molar-refractivity contribution in [3.63, 3.8) is 0 Å². The second-order valence-corrected chi connectivity index (χ2v) is 19.2. The van der Waals surface area contributed by atoms with Crippen molar-refractivity contribution in [3.8, 4) is 22.5 Å². The number of hydrogen-bond donors (Lipinski definition) is 1. The third kappa shape index (κ3) is 11.2. The first kappa shape index (κ1) is 33.3. The first-order valence-electron chi connectivity index (χ1n) is 15.4. The Labute approximate surface area is 253 Å². The lowest BCUT2D eigenvalue weighted by atomic mass is 9.86. The normalized spacial score (nSPS) is 13.4. The highest BCUT2D eigenvalue weighted by Gasteiger charge is 2.31. The number of ether oxygens (including phenoxy) is 2. The lowest BCUT2D eigenvalue weighted by Gasteiger charge is -2.26. The molecule has 2 atom stereocenters. The molecule has 0 aliphatic rings. The van der Waals surface area contributed by atoms with Crippen molar-refractivity contribution < 1.29 is 19.1 Å². The number of carbonyl (C=O) groups is 2. The number of unbranched alkanes of at least 4 members (excludes halogenated alkanes) is 1. The first-order chi connectivity index (χ1) is 19.8. The smallest absolute Gasteiger partial charge is 0.309 e. The number of esters is 2. The van der Waals surface area contributed by atoms with Gasteiger partial charge in [-0.15, -0.1) is 0 Å². The van der Waals surface area contributed by atoms with Crippen LogP contribution in [0.2, 0.25) is 25.7 Å². The van der Waals surface area contributed by atoms with Crippen LogP contribution in [0, 0.1) is 11.8 Å². The van der Waals surface area contributed by atoms with Crippen LogP contribution in [0.25, 0.3) is 22.5 Å². The summed E-state index contributed by atoms with van der Waals surface area (Å²) in [5.41, 5.74) is 3.92. The summed E-state index contributed by atoms with van der Waals surface area (Å²) in [4.78, 5) is 33.9. The number of carbonyl (C=O) groups excluding carboxylic acids is 2. The van der Waals surface area contributed by atoms with E-state index in [1.165, 1.54) is 0 Å². The van der Waals surface area contributed by atoms with Crippen molar-refractivity contribution >= 4 is 20.0 Å². The monoisotopic (exact) mass is 590 g/mol. The van der Waals surface area contributed by atoms with E-state index >= 15 is 0 Å². The van der Waals surface area contributed by atoms with Crippen molar-refractivity contribution in [1.82, 2.24) is 9.97 Å². The molecule has 0 saturated heterocycles. The predicted molar refractivity (Wildman–Crippen MR) is 174 cm³/mol. The molecule has 3 rings (SSSR count). The Bertz CT molecular complexity index is 1240. The Morgan fingerprint density at radius 1 is 0.881 bits per heavy atom. The molecule has 3 aromatic rings. The molecule has 0 saturated carbocycles. The van der Waals surface area contributed by atoms with E-state index < -0.39 is 13.7 Å². The fraction of sp³-hybridized carbons (Fsp3) is 0.514. The minimum atomic E-state index is -1.33. The molecular formula is C35H50N2O4Si. The van der Waals surface area contributed by atoms with Gasteiger partial charge in [0.05, 0.1) is 18.4 Å². The minimum absolute atomic E-state index is 0.188. The average molecular weight is 591 g/mol. The van der Waals surface area contributed by atoms with Gasteiger partial charge in [0.2, 0.25) is 0 Å². The van der Waals surface area contributed by atoms with Gasteiger partial charge in [-0.05, 0) is 69.2 Å². The molecule has 7 heteroatoms. The number of imidazole rings is 1. The first-order valence-corrected chi connectivity index (χ1v) is 19.1. The largest absolute Gasteiger partial charge is 0.466 e. The molecule has 0 aliphatic carbocycles. The fourth-order valence-corrected chi connectivity index (χ4v) is 5.58. The lowest BCUT2D eigenvalue weighted by Crippen LogP contribution is -2.32. The quantitative estimate of drug-likeness (QED) is 0.141. The number of H-pyrrole nitrogens is 1. The van der Waals surface area contributed by atoms with E-state index in [4.69, 9.17) is 9.47 Å². The number of aromatic nitrogens is 2. The van der Waals surface area contributed by atoms with Gasteiger partial charge in [-0.25, -0.2) is 4.98 Å². The second kappa shape index (κ2) is 15.3. The van der Waals surface area contributed by atoms with Crippen molar-refractivity contribution in [2.24, 2.45) is 11.8 Å². The summed E-state index contributed by atoms with van der Waals surface area (Å²) in [7, 11) is -1.33. The second-order valence-electron chi connectivity index (χ2n) is 13.5. The molecule has 2 aromatic carbocycles. The molecular weight excluding hydrogens is 540 g/mol. The van der Waals surface area contributed by atoms with E-state index in [2.05, 4.69) is 85.1 Å². The molecule has 0 spiro atoms. The third-order valence-corrected chi connectivity index (χ3v) is 9.07. The number of rotatable bonds is 15. The average Bonchev–Trinajstić information content (AvgIpc) is 3.46. The van der Waals surface area contributed by atoms with E-state index in [0.29, 0.717) is 19.4 Å². The highest BCUT2D eigenvalue weighted by molar-refractivity contribution is 6.76. The van der Waals surface area contributed by atoms with Crippen LogP contribution in [0.5, 0.6) is 0 Å². The van der Waals surface area contributed by atoms with Crippen LogP contribution in [0.15, 0.2) is 60.9 Å². The molecule has 228 valence electrons. The Morgan fingerprint density at radius 3 is 2.02 bits per heavy atom. The highest BCUT2D eigenvalue weighted by atomic mass is 28.3. The summed E-state index contributed by atoms with van der Waals surface area (Å²) in [6.07, 6.45) is 8.03. The maximum Gasteiger partial charge on any atom is 0.309 e. The van der Waals surface area contributed by atoms with Crippen LogP contribution in [0.1, 0.15) is 65.4 Å². The molecule has 0 amide bonds. The molecule has 42 heavy (non-hydrogen) atoms. The van der Waals surface area contributed by atoms with Gasteiger partial charge in [0.1, 0.15) is 11.4 Å². The summed E-state index contributed by atoms with van der Waals surface area (Å²) >= 11 is 0. The lowest BCUT2D eigenvalue weighted by molar-refractivity contribution is -0.162. The van der Waals surface area contributed by atoms with Crippen molar-refractivity contribution in [3.05, 3.63) is 66.5 Å². The molecule has 0 unspecified atom stereocenters. The zero-order valence-corrected chi connectivity index (χ0v) is 27.7. The van der Waals surface area contributed by atoms with Crippen LogP contribution >= 0.6 is 0 Å². The molecule has 0 bridgehead atoms. The van der Waals surface area contributed by atoms with E-state index in [9.17, 15) is 9.59 Å². The summed E-state index contributed by atoms with van der Waals surface area (Å²) in [5.74, 6) is -0.209. The van der Waals surface area contributed by atoms with Crippen LogP contribution in [-0.4, -0.2) is 42.2 Å². The van der Waals surface area contributed by atoms with Crippen LogP contribution in [0.4, 0.5) is 0 Å². The van der Waals surface area contributed by atoms with E-state index in [0.717, 1.165) is 59.8 Å². The van der Waals surface area contributed by atoms with Gasteiger partial charge >= 0.3 is 11.9 Å². The highest BCUT2D eigenvalue weighted by Crippen LogP contribution is 2.28. The maximum atomic E-state index is 13.4. The Kier molecular flexibility index (Phi) is 12.2. The standard InChI is InChI=1S/C35H50N2O4Si/c1-8-9-10-30(34(39)41-35(2,3)4)25-31(33(38)40-23-24-42(5,6)7)16-13-26-11-14-27(15-12-26)28-17-19-29(20-18-28)32-36-21-22-37-32/h11-12,14-15,17-22,30-31H,8-10,13,16,23-25H2,1-7H3,(H,36,37)/t30-,31+/m0/s1. The van der Waals surface area contributed by atoms with Gasteiger partial charge in [0, 0.05) is 26.0 Å². The molecule has 1 N–H and O–H groups in total. The molecule has 1 aromatic heterocycles. The summed E-state index contributed by atoms with van der Waals surface area (Å²) in [6, 6.07) is 17.8.